The first-order chi connectivity index (χ1) is 12.1. The number of anilines is 1. The van der Waals surface area contributed by atoms with E-state index in [0.29, 0.717) is 17.1 Å². The lowest BCUT2D eigenvalue weighted by Gasteiger charge is -2.03. The van der Waals surface area contributed by atoms with E-state index in [4.69, 9.17) is 9.26 Å². The summed E-state index contributed by atoms with van der Waals surface area (Å²) in [5.74, 6) is 0.676. The lowest BCUT2D eigenvalue weighted by Crippen LogP contribution is -2.39. The lowest BCUT2D eigenvalue weighted by molar-refractivity contribution is -0.677. The van der Waals surface area contributed by atoms with Gasteiger partial charge in [0.25, 0.3) is 5.69 Å². The van der Waals surface area contributed by atoms with Crippen LogP contribution in [0.2, 0.25) is 0 Å². The SMILES string of the molecule is COc1ccc(-[n+]2[nH]oc(=O)c2CNc2ccccc2[N+](=O)[O-])cc1. The molecular formula is C16H15N4O5+. The molecule has 0 amide bonds. The van der Waals surface area contributed by atoms with E-state index >= 15 is 0 Å². The van der Waals surface area contributed by atoms with Crippen LogP contribution in [0.3, 0.4) is 0 Å². The molecule has 0 saturated carbocycles. The molecule has 0 unspecified atom stereocenters. The molecule has 0 fully saturated rings. The first-order valence-corrected chi connectivity index (χ1v) is 7.34. The number of nitro groups is 1. The van der Waals surface area contributed by atoms with Crippen molar-refractivity contribution in [3.05, 3.63) is 74.8 Å². The molecule has 0 spiro atoms. The van der Waals surface area contributed by atoms with Crippen LogP contribution in [0.1, 0.15) is 5.69 Å². The number of ether oxygens (including phenoxy) is 1. The summed E-state index contributed by atoms with van der Waals surface area (Å²) in [6.07, 6.45) is 0. The van der Waals surface area contributed by atoms with Crippen LogP contribution in [0.25, 0.3) is 5.69 Å². The Kier molecular flexibility index (Phi) is 4.46. The molecule has 3 aromatic rings. The normalized spacial score (nSPS) is 10.4. The topological polar surface area (TPSA) is 114 Å². The van der Waals surface area contributed by atoms with Gasteiger partial charge in [0.05, 0.1) is 12.0 Å². The van der Waals surface area contributed by atoms with Crippen molar-refractivity contribution in [3.8, 4) is 11.4 Å². The minimum absolute atomic E-state index is 0.0444. The maximum Gasteiger partial charge on any atom is 0.432 e. The van der Waals surface area contributed by atoms with Crippen LogP contribution in [0, 0.1) is 10.1 Å². The van der Waals surface area contributed by atoms with Gasteiger partial charge in [0.15, 0.2) is 0 Å². The van der Waals surface area contributed by atoms with Gasteiger partial charge in [0.1, 0.15) is 18.0 Å². The quantitative estimate of drug-likeness (QED) is 0.400. The largest absolute Gasteiger partial charge is 0.497 e. The summed E-state index contributed by atoms with van der Waals surface area (Å²) >= 11 is 0. The van der Waals surface area contributed by atoms with Crippen molar-refractivity contribution in [2.45, 2.75) is 6.54 Å². The molecule has 3 rings (SSSR count). The highest BCUT2D eigenvalue weighted by atomic mass is 16.6. The van der Waals surface area contributed by atoms with Gasteiger partial charge < -0.3 is 10.1 Å². The van der Waals surface area contributed by atoms with Gasteiger partial charge >= 0.3 is 11.3 Å². The minimum atomic E-state index is -0.568. The van der Waals surface area contributed by atoms with Gasteiger partial charge in [-0.05, 0) is 28.2 Å². The number of para-hydroxylation sites is 2. The van der Waals surface area contributed by atoms with Crippen LogP contribution in [-0.4, -0.2) is 17.3 Å². The Labute approximate surface area is 141 Å². The van der Waals surface area contributed by atoms with Gasteiger partial charge in [-0.15, -0.1) is 0 Å². The van der Waals surface area contributed by atoms with Crippen molar-refractivity contribution >= 4 is 11.4 Å². The monoisotopic (exact) mass is 343 g/mol. The van der Waals surface area contributed by atoms with Crippen molar-refractivity contribution in [1.82, 2.24) is 5.27 Å². The summed E-state index contributed by atoms with van der Waals surface area (Å²) < 4.78 is 11.4. The van der Waals surface area contributed by atoms with Crippen molar-refractivity contribution < 1.29 is 18.9 Å². The molecule has 1 aromatic heterocycles. The highest BCUT2D eigenvalue weighted by Crippen LogP contribution is 2.23. The summed E-state index contributed by atoms with van der Waals surface area (Å²) in [6.45, 7) is 0.0444. The van der Waals surface area contributed by atoms with Gasteiger partial charge in [-0.25, -0.2) is 4.79 Å². The maximum atomic E-state index is 12.0. The number of aromatic amines is 1. The second kappa shape index (κ2) is 6.87. The molecule has 0 aliphatic rings. The molecule has 2 aromatic carbocycles. The fourth-order valence-electron chi connectivity index (χ4n) is 2.34. The molecule has 0 atom stereocenters. The van der Waals surface area contributed by atoms with E-state index in [-0.39, 0.29) is 17.9 Å². The molecule has 2 N–H and O–H groups in total. The van der Waals surface area contributed by atoms with Gasteiger partial charge in [-0.3, -0.25) is 14.6 Å². The molecule has 9 heteroatoms. The molecule has 25 heavy (non-hydrogen) atoms. The Balaban J connectivity index is 1.88. The average molecular weight is 343 g/mol. The van der Waals surface area contributed by atoms with Crippen LogP contribution >= 0.6 is 0 Å². The smallest absolute Gasteiger partial charge is 0.432 e. The molecule has 1 heterocycles. The van der Waals surface area contributed by atoms with Gasteiger partial charge in [-0.1, -0.05) is 12.1 Å². The lowest BCUT2D eigenvalue weighted by atomic mass is 10.2. The van der Waals surface area contributed by atoms with Crippen molar-refractivity contribution in [3.63, 3.8) is 0 Å². The molecule has 0 aliphatic heterocycles. The predicted octanol–water partition coefficient (Wildman–Crippen LogP) is 1.77. The molecular weight excluding hydrogens is 328 g/mol. The molecule has 0 saturated heterocycles. The number of benzene rings is 2. The molecule has 0 radical (unpaired) electrons. The standard InChI is InChI=1S/C16H14N4O5/c1-24-12-8-6-11(7-9-12)19-15(16(21)25-18-19)10-17-13-4-2-3-5-14(13)20(22)23/h2-9,17H,10H2,1H3/p+1. The van der Waals surface area contributed by atoms with Crippen molar-refractivity contribution in [1.29, 1.82) is 0 Å². The Bertz CT molecular complexity index is 946. The number of H-pyrrole nitrogens is 1. The van der Waals surface area contributed by atoms with Crippen molar-refractivity contribution in [2.75, 3.05) is 12.4 Å². The Morgan fingerprint density at radius 2 is 1.96 bits per heavy atom. The first-order valence-electron chi connectivity index (χ1n) is 7.34. The summed E-state index contributed by atoms with van der Waals surface area (Å²) in [5.41, 5.74) is 0.601. The van der Waals surface area contributed by atoms with Crippen LogP contribution < -0.4 is 20.4 Å². The number of aromatic nitrogens is 2. The average Bonchev–Trinajstić information content (AvgIpc) is 3.00. The summed E-state index contributed by atoms with van der Waals surface area (Å²) in [4.78, 5) is 22.5. The third-order valence-corrected chi connectivity index (χ3v) is 3.61. The van der Waals surface area contributed by atoms with E-state index in [0.717, 1.165) is 0 Å². The van der Waals surface area contributed by atoms with Crippen LogP contribution in [-0.2, 0) is 6.54 Å². The predicted molar refractivity (Wildman–Crippen MR) is 87.8 cm³/mol. The second-order valence-corrected chi connectivity index (χ2v) is 5.09. The number of methoxy groups -OCH3 is 1. The van der Waals surface area contributed by atoms with Gasteiger partial charge in [0.2, 0.25) is 5.69 Å². The zero-order valence-electron chi connectivity index (χ0n) is 13.3. The highest BCUT2D eigenvalue weighted by molar-refractivity contribution is 5.60. The number of hydrogen-bond donors (Lipinski definition) is 2. The molecule has 9 nitrogen and oxygen atoms in total. The third-order valence-electron chi connectivity index (χ3n) is 3.61. The van der Waals surface area contributed by atoms with E-state index < -0.39 is 10.5 Å². The zero-order chi connectivity index (χ0) is 17.8. The first kappa shape index (κ1) is 16.2. The summed E-state index contributed by atoms with van der Waals surface area (Å²) in [7, 11) is 1.56. The third kappa shape index (κ3) is 3.34. The fraction of sp³-hybridized carbons (Fsp3) is 0.125. The van der Waals surface area contributed by atoms with Crippen LogP contribution in [0.4, 0.5) is 11.4 Å². The van der Waals surface area contributed by atoms with Gasteiger partial charge in [0, 0.05) is 18.2 Å². The number of nitrogens with zero attached hydrogens (tertiary/aromatic N) is 2. The van der Waals surface area contributed by atoms with E-state index in [1.807, 2.05) is 0 Å². The molecule has 128 valence electrons. The highest BCUT2D eigenvalue weighted by Gasteiger charge is 2.24. The van der Waals surface area contributed by atoms with Crippen molar-refractivity contribution in [2.24, 2.45) is 0 Å². The number of rotatable bonds is 6. The Morgan fingerprint density at radius 3 is 2.64 bits per heavy atom. The van der Waals surface area contributed by atoms with E-state index in [1.165, 1.54) is 10.7 Å². The second-order valence-electron chi connectivity index (χ2n) is 5.09. The number of hydrogen-bond acceptors (Lipinski definition) is 6. The number of nitro benzene ring substituents is 1. The molecule has 0 bridgehead atoms. The maximum absolute atomic E-state index is 12.0. The summed E-state index contributed by atoms with van der Waals surface area (Å²) in [6, 6.07) is 13.2. The van der Waals surface area contributed by atoms with Gasteiger partial charge in [-0.2, -0.15) is 0 Å². The fourth-order valence-corrected chi connectivity index (χ4v) is 2.34. The minimum Gasteiger partial charge on any atom is -0.497 e. The Morgan fingerprint density at radius 1 is 1.24 bits per heavy atom. The van der Waals surface area contributed by atoms with Crippen LogP contribution in [0.5, 0.6) is 5.75 Å². The Hall–Kier alpha value is -3.62. The molecule has 0 aliphatic carbocycles. The van der Waals surface area contributed by atoms with E-state index in [1.54, 1.807) is 49.6 Å². The van der Waals surface area contributed by atoms with Crippen LogP contribution in [0.15, 0.2) is 57.8 Å². The summed E-state index contributed by atoms with van der Waals surface area (Å²) in [5, 5.41) is 16.5. The number of nitrogens with one attached hydrogen (secondary N) is 2. The zero-order valence-corrected chi connectivity index (χ0v) is 13.3. The van der Waals surface area contributed by atoms with E-state index in [9.17, 15) is 14.9 Å². The van der Waals surface area contributed by atoms with E-state index in [2.05, 4.69) is 10.6 Å².